The number of ether oxygens (including phenoxy) is 1. The molecular formula is C18H17FN6O2S. The van der Waals surface area contributed by atoms with Crippen molar-refractivity contribution in [2.24, 2.45) is 0 Å². The summed E-state index contributed by atoms with van der Waals surface area (Å²) in [5, 5.41) is 12.2. The first kappa shape index (κ1) is 17.1. The van der Waals surface area contributed by atoms with Crippen LogP contribution < -0.4 is 10.1 Å². The number of fused-ring (bicyclic) bond motifs is 1. The Bertz CT molecular complexity index is 1030. The maximum atomic E-state index is 13.2. The highest BCUT2D eigenvalue weighted by Gasteiger charge is 2.33. The van der Waals surface area contributed by atoms with Crippen LogP contribution in [0, 0.1) is 5.82 Å². The van der Waals surface area contributed by atoms with Crippen LogP contribution in [0.15, 0.2) is 30.5 Å². The average molecular weight is 400 g/mol. The van der Waals surface area contributed by atoms with Crippen LogP contribution in [-0.2, 0) is 13.1 Å². The fourth-order valence-electron chi connectivity index (χ4n) is 3.18. The van der Waals surface area contributed by atoms with Crippen LogP contribution >= 0.6 is 11.3 Å². The highest BCUT2D eigenvalue weighted by molar-refractivity contribution is 7.17. The minimum absolute atomic E-state index is 0.242. The summed E-state index contributed by atoms with van der Waals surface area (Å²) < 4.78 is 21.0. The summed E-state index contributed by atoms with van der Waals surface area (Å²) in [5.41, 5.74) is 0. The lowest BCUT2D eigenvalue weighted by atomic mass is 10.3. The molecule has 5 rings (SSSR count). The molecule has 1 aliphatic carbocycles. The maximum Gasteiger partial charge on any atom is 0.324 e. The lowest BCUT2D eigenvalue weighted by Crippen LogP contribution is -2.41. The predicted octanol–water partition coefficient (Wildman–Crippen LogP) is 3.59. The van der Waals surface area contributed by atoms with E-state index in [0.29, 0.717) is 41.5 Å². The summed E-state index contributed by atoms with van der Waals surface area (Å²) in [6.07, 6.45) is 3.85. The number of benzene rings is 1. The van der Waals surface area contributed by atoms with Crippen molar-refractivity contribution < 1.29 is 13.9 Å². The Balaban J connectivity index is 1.22. The van der Waals surface area contributed by atoms with Gasteiger partial charge in [-0.15, -0.1) is 10.2 Å². The Morgan fingerprint density at radius 2 is 2.18 bits per heavy atom. The number of anilines is 1. The number of aromatic nitrogens is 4. The number of carbonyl (C=O) groups excluding carboxylic acids is 1. The monoisotopic (exact) mass is 400 g/mol. The lowest BCUT2D eigenvalue weighted by molar-refractivity contribution is 0.195. The van der Waals surface area contributed by atoms with Crippen LogP contribution in [0.3, 0.4) is 0 Å². The van der Waals surface area contributed by atoms with E-state index in [1.165, 1.54) is 42.5 Å². The Morgan fingerprint density at radius 1 is 1.29 bits per heavy atom. The van der Waals surface area contributed by atoms with Gasteiger partial charge < -0.3 is 14.2 Å². The molecule has 10 heteroatoms. The van der Waals surface area contributed by atoms with E-state index < -0.39 is 0 Å². The first-order valence-electron chi connectivity index (χ1n) is 9.03. The molecule has 0 radical (unpaired) electrons. The second-order valence-corrected chi connectivity index (χ2v) is 7.79. The number of halogens is 1. The molecule has 0 unspecified atom stereocenters. The number of hydrogen-bond donors (Lipinski definition) is 1. The second-order valence-electron chi connectivity index (χ2n) is 6.80. The zero-order valence-corrected chi connectivity index (χ0v) is 15.7. The second kappa shape index (κ2) is 6.86. The standard InChI is InChI=1S/C18H17FN6O2S/c19-12-2-1-3-13(8-12)27-15-9-20-17(28-15)21-18(26)24-6-7-25-14(10-24)22-23-16(25)11-4-5-11/h1-3,8-9,11H,4-7,10H2,(H,20,21,26). The number of thiazole rings is 1. The smallest absolute Gasteiger partial charge is 0.324 e. The van der Waals surface area contributed by atoms with Crippen LogP contribution in [0.4, 0.5) is 14.3 Å². The number of nitrogens with zero attached hydrogens (tertiary/aromatic N) is 5. The van der Waals surface area contributed by atoms with Crippen LogP contribution in [0.5, 0.6) is 10.8 Å². The molecule has 2 aromatic heterocycles. The zero-order valence-electron chi connectivity index (χ0n) is 14.8. The SMILES string of the molecule is O=C(Nc1ncc(Oc2cccc(F)c2)s1)N1CCn2c(nnc2C2CC2)C1. The van der Waals surface area contributed by atoms with Gasteiger partial charge in [-0.2, -0.15) is 0 Å². The van der Waals surface area contributed by atoms with E-state index in [4.69, 9.17) is 4.74 Å². The molecule has 0 atom stereocenters. The summed E-state index contributed by atoms with van der Waals surface area (Å²) in [4.78, 5) is 18.4. The van der Waals surface area contributed by atoms with E-state index in [2.05, 4.69) is 25.1 Å². The third-order valence-corrected chi connectivity index (χ3v) is 5.52. The molecule has 2 amide bonds. The first-order valence-corrected chi connectivity index (χ1v) is 9.84. The average Bonchev–Trinajstić information content (AvgIpc) is 3.29. The van der Waals surface area contributed by atoms with E-state index >= 15 is 0 Å². The molecular weight excluding hydrogens is 383 g/mol. The van der Waals surface area contributed by atoms with Crippen LogP contribution in [0.2, 0.25) is 0 Å². The molecule has 1 N–H and O–H groups in total. The van der Waals surface area contributed by atoms with Crippen LogP contribution in [0.25, 0.3) is 0 Å². The van der Waals surface area contributed by atoms with Crippen molar-refractivity contribution in [3.8, 4) is 10.8 Å². The van der Waals surface area contributed by atoms with Crippen molar-refractivity contribution in [3.63, 3.8) is 0 Å². The summed E-state index contributed by atoms with van der Waals surface area (Å²) in [5.74, 6) is 2.40. The molecule has 0 bridgehead atoms. The van der Waals surface area contributed by atoms with Crippen molar-refractivity contribution in [1.29, 1.82) is 0 Å². The van der Waals surface area contributed by atoms with Gasteiger partial charge in [0.2, 0.25) is 5.06 Å². The Hall–Kier alpha value is -3.01. The van der Waals surface area contributed by atoms with Gasteiger partial charge in [0.05, 0.1) is 12.7 Å². The van der Waals surface area contributed by atoms with Crippen molar-refractivity contribution in [2.75, 3.05) is 11.9 Å². The van der Waals surface area contributed by atoms with Crippen molar-refractivity contribution in [3.05, 3.63) is 47.9 Å². The molecule has 28 heavy (non-hydrogen) atoms. The number of urea groups is 1. The molecule has 2 aliphatic rings. The number of nitrogens with one attached hydrogen (secondary N) is 1. The van der Waals surface area contributed by atoms with Gasteiger partial charge in [0.15, 0.2) is 11.0 Å². The fraction of sp³-hybridized carbons (Fsp3) is 0.333. The lowest BCUT2D eigenvalue weighted by Gasteiger charge is -2.27. The zero-order chi connectivity index (χ0) is 19.1. The largest absolute Gasteiger partial charge is 0.445 e. The van der Waals surface area contributed by atoms with E-state index in [1.54, 1.807) is 17.0 Å². The minimum atomic E-state index is -0.377. The van der Waals surface area contributed by atoms with Gasteiger partial charge in [-0.3, -0.25) is 5.32 Å². The fourth-order valence-corrected chi connectivity index (χ4v) is 3.86. The molecule has 0 saturated heterocycles. The van der Waals surface area contributed by atoms with Crippen molar-refractivity contribution in [1.82, 2.24) is 24.6 Å². The van der Waals surface area contributed by atoms with Gasteiger partial charge in [-0.05, 0) is 25.0 Å². The summed E-state index contributed by atoms with van der Waals surface area (Å²) in [7, 11) is 0. The highest BCUT2D eigenvalue weighted by atomic mass is 32.1. The molecule has 1 fully saturated rings. The molecule has 3 aromatic rings. The van der Waals surface area contributed by atoms with E-state index in [9.17, 15) is 9.18 Å². The summed E-state index contributed by atoms with van der Waals surface area (Å²) in [6, 6.07) is 5.61. The quantitative estimate of drug-likeness (QED) is 0.723. The van der Waals surface area contributed by atoms with Crippen molar-refractivity contribution >= 4 is 22.5 Å². The topological polar surface area (TPSA) is 85.2 Å². The number of carbonyl (C=O) groups is 1. The predicted molar refractivity (Wildman–Crippen MR) is 100 cm³/mol. The summed E-state index contributed by atoms with van der Waals surface area (Å²) >= 11 is 1.18. The first-order chi connectivity index (χ1) is 13.7. The van der Waals surface area contributed by atoms with Gasteiger partial charge >= 0.3 is 6.03 Å². The van der Waals surface area contributed by atoms with E-state index in [0.717, 1.165) is 11.6 Å². The van der Waals surface area contributed by atoms with Gasteiger partial charge in [0.25, 0.3) is 0 Å². The Morgan fingerprint density at radius 3 is 3.00 bits per heavy atom. The third-order valence-electron chi connectivity index (χ3n) is 4.72. The normalized spacial score (nSPS) is 16.0. The van der Waals surface area contributed by atoms with Crippen LogP contribution in [-0.4, -0.2) is 37.2 Å². The highest BCUT2D eigenvalue weighted by Crippen LogP contribution is 2.39. The minimum Gasteiger partial charge on any atom is -0.445 e. The summed E-state index contributed by atoms with van der Waals surface area (Å²) in [6.45, 7) is 1.71. The van der Waals surface area contributed by atoms with Crippen molar-refractivity contribution in [2.45, 2.75) is 31.8 Å². The van der Waals surface area contributed by atoms with Gasteiger partial charge in [0.1, 0.15) is 17.4 Å². The molecule has 144 valence electrons. The molecule has 1 aromatic carbocycles. The number of amides is 2. The van der Waals surface area contributed by atoms with Gasteiger partial charge in [-0.1, -0.05) is 17.4 Å². The van der Waals surface area contributed by atoms with Gasteiger partial charge in [-0.25, -0.2) is 14.2 Å². The maximum absolute atomic E-state index is 13.2. The van der Waals surface area contributed by atoms with E-state index in [-0.39, 0.29) is 11.8 Å². The van der Waals surface area contributed by atoms with Crippen LogP contribution in [0.1, 0.15) is 30.4 Å². The Kier molecular flexibility index (Phi) is 4.19. The molecule has 1 aliphatic heterocycles. The molecule has 0 spiro atoms. The third kappa shape index (κ3) is 3.42. The van der Waals surface area contributed by atoms with E-state index in [1.807, 2.05) is 0 Å². The number of hydrogen-bond acceptors (Lipinski definition) is 6. The molecule has 3 heterocycles. The number of rotatable bonds is 4. The van der Waals surface area contributed by atoms with Gasteiger partial charge in [0, 0.05) is 25.1 Å². The Labute approximate surface area is 164 Å². The molecule has 8 nitrogen and oxygen atoms in total. The molecule has 1 saturated carbocycles.